The lowest BCUT2D eigenvalue weighted by molar-refractivity contribution is -0.132. The Morgan fingerprint density at radius 3 is 2.81 bits per heavy atom. The van der Waals surface area contributed by atoms with Gasteiger partial charge in [-0.25, -0.2) is 0 Å². The standard InChI is InChI=1S/C19H27N5O2/c1-3-22(12-17-4-7-20-8-5-17)14-19(26)6-9-23(15-19)18(25)13-24-11-16(2)10-21-24/h4-5,7-8,10-11,26H,3,6,9,12-15H2,1-2H3/t19-/m0/s1. The van der Waals surface area contributed by atoms with Crippen LogP contribution in [0.2, 0.25) is 0 Å². The Labute approximate surface area is 154 Å². The van der Waals surface area contributed by atoms with Gasteiger partial charge in [-0.3, -0.25) is 19.4 Å². The summed E-state index contributed by atoms with van der Waals surface area (Å²) < 4.78 is 1.65. The van der Waals surface area contributed by atoms with Crippen molar-refractivity contribution in [2.24, 2.45) is 0 Å². The van der Waals surface area contributed by atoms with E-state index in [4.69, 9.17) is 0 Å². The summed E-state index contributed by atoms with van der Waals surface area (Å²) in [5.74, 6) is 0.00112. The molecule has 1 N–H and O–H groups in total. The molecule has 2 aromatic heterocycles. The molecule has 0 unspecified atom stereocenters. The van der Waals surface area contributed by atoms with Crippen LogP contribution in [-0.4, -0.2) is 67.4 Å². The Morgan fingerprint density at radius 1 is 1.38 bits per heavy atom. The Bertz CT molecular complexity index is 733. The van der Waals surface area contributed by atoms with Crippen LogP contribution in [0.1, 0.15) is 24.5 Å². The fraction of sp³-hybridized carbons (Fsp3) is 0.526. The molecule has 3 rings (SSSR count). The first-order valence-electron chi connectivity index (χ1n) is 9.08. The summed E-state index contributed by atoms with van der Waals surface area (Å²) in [5.41, 5.74) is 1.34. The molecule has 0 saturated carbocycles. The molecular formula is C19H27N5O2. The average molecular weight is 357 g/mol. The van der Waals surface area contributed by atoms with Crippen molar-refractivity contribution >= 4 is 5.91 Å². The number of carbonyl (C=O) groups excluding carboxylic acids is 1. The minimum absolute atomic E-state index is 0.00112. The van der Waals surface area contributed by atoms with Crippen LogP contribution < -0.4 is 0 Å². The predicted octanol–water partition coefficient (Wildman–Crippen LogP) is 1.07. The normalized spacial score (nSPS) is 20.1. The zero-order chi connectivity index (χ0) is 18.6. The van der Waals surface area contributed by atoms with Gasteiger partial charge in [-0.15, -0.1) is 0 Å². The van der Waals surface area contributed by atoms with Gasteiger partial charge in [-0.2, -0.15) is 5.10 Å². The van der Waals surface area contributed by atoms with Crippen LogP contribution in [0.5, 0.6) is 0 Å². The predicted molar refractivity (Wildman–Crippen MR) is 98.3 cm³/mol. The van der Waals surface area contributed by atoms with Crippen LogP contribution in [-0.2, 0) is 17.9 Å². The summed E-state index contributed by atoms with van der Waals surface area (Å²) in [6.45, 7) is 7.37. The quantitative estimate of drug-likeness (QED) is 0.802. The number of aliphatic hydroxyl groups is 1. The van der Waals surface area contributed by atoms with Crippen molar-refractivity contribution in [3.8, 4) is 0 Å². The van der Waals surface area contributed by atoms with Crippen LogP contribution >= 0.6 is 0 Å². The number of nitrogens with zero attached hydrogens (tertiary/aromatic N) is 5. The fourth-order valence-corrected chi connectivity index (χ4v) is 3.43. The summed E-state index contributed by atoms with van der Waals surface area (Å²) in [7, 11) is 0. The molecule has 1 atom stereocenters. The van der Waals surface area contributed by atoms with Gasteiger partial charge >= 0.3 is 0 Å². The largest absolute Gasteiger partial charge is 0.387 e. The molecule has 7 nitrogen and oxygen atoms in total. The molecule has 0 aliphatic carbocycles. The molecule has 2 aromatic rings. The lowest BCUT2D eigenvalue weighted by Crippen LogP contribution is -2.46. The Balaban J connectivity index is 1.55. The molecule has 0 bridgehead atoms. The van der Waals surface area contributed by atoms with Crippen LogP contribution in [0.15, 0.2) is 36.9 Å². The van der Waals surface area contributed by atoms with E-state index in [-0.39, 0.29) is 12.5 Å². The molecule has 3 heterocycles. The van der Waals surface area contributed by atoms with E-state index in [1.807, 2.05) is 25.3 Å². The third-order valence-corrected chi connectivity index (χ3v) is 4.87. The number of aryl methyl sites for hydroxylation is 1. The number of likely N-dealkylation sites (N-methyl/N-ethyl adjacent to an activating group) is 1. The number of carbonyl (C=O) groups is 1. The molecule has 0 spiro atoms. The average Bonchev–Trinajstić information content (AvgIpc) is 3.21. The van der Waals surface area contributed by atoms with Crippen molar-refractivity contribution in [3.05, 3.63) is 48.0 Å². The van der Waals surface area contributed by atoms with Crippen LogP contribution in [0.4, 0.5) is 0 Å². The van der Waals surface area contributed by atoms with Crippen molar-refractivity contribution in [1.29, 1.82) is 0 Å². The van der Waals surface area contributed by atoms with Gasteiger partial charge in [-0.1, -0.05) is 6.92 Å². The molecule has 26 heavy (non-hydrogen) atoms. The van der Waals surface area contributed by atoms with Gasteiger partial charge < -0.3 is 10.0 Å². The van der Waals surface area contributed by atoms with Gasteiger partial charge in [0, 0.05) is 38.2 Å². The maximum Gasteiger partial charge on any atom is 0.244 e. The van der Waals surface area contributed by atoms with E-state index < -0.39 is 5.60 Å². The van der Waals surface area contributed by atoms with Crippen molar-refractivity contribution < 1.29 is 9.90 Å². The lowest BCUT2D eigenvalue weighted by atomic mass is 10.0. The number of β-amino-alcohol motifs (C(OH)–C–C–N with tert-alkyl or cyclic N) is 1. The number of hydrogen-bond acceptors (Lipinski definition) is 5. The second-order valence-corrected chi connectivity index (χ2v) is 7.16. The summed E-state index contributed by atoms with van der Waals surface area (Å²) >= 11 is 0. The first kappa shape index (κ1) is 18.5. The molecular weight excluding hydrogens is 330 g/mol. The molecule has 1 fully saturated rings. The van der Waals surface area contributed by atoms with Gasteiger partial charge in [0.05, 0.1) is 18.3 Å². The van der Waals surface area contributed by atoms with Crippen molar-refractivity contribution in [3.63, 3.8) is 0 Å². The molecule has 1 saturated heterocycles. The minimum Gasteiger partial charge on any atom is -0.387 e. The van der Waals surface area contributed by atoms with Crippen LogP contribution in [0, 0.1) is 6.92 Å². The van der Waals surface area contributed by atoms with E-state index >= 15 is 0 Å². The number of amides is 1. The molecule has 0 radical (unpaired) electrons. The molecule has 1 amide bonds. The minimum atomic E-state index is -0.862. The number of likely N-dealkylation sites (tertiary alicyclic amines) is 1. The van der Waals surface area contributed by atoms with E-state index in [1.54, 1.807) is 28.2 Å². The number of hydrogen-bond donors (Lipinski definition) is 1. The van der Waals surface area contributed by atoms with E-state index in [2.05, 4.69) is 21.9 Å². The summed E-state index contributed by atoms with van der Waals surface area (Å²) in [6.07, 6.45) is 7.76. The van der Waals surface area contributed by atoms with E-state index in [9.17, 15) is 9.90 Å². The van der Waals surface area contributed by atoms with E-state index in [1.165, 1.54) is 5.56 Å². The highest BCUT2D eigenvalue weighted by Gasteiger charge is 2.39. The second-order valence-electron chi connectivity index (χ2n) is 7.16. The van der Waals surface area contributed by atoms with Crippen LogP contribution in [0.3, 0.4) is 0 Å². The fourth-order valence-electron chi connectivity index (χ4n) is 3.43. The maximum absolute atomic E-state index is 12.5. The lowest BCUT2D eigenvalue weighted by Gasteiger charge is -2.30. The maximum atomic E-state index is 12.5. The highest BCUT2D eigenvalue weighted by molar-refractivity contribution is 5.76. The van der Waals surface area contributed by atoms with Gasteiger partial charge in [0.1, 0.15) is 6.54 Å². The van der Waals surface area contributed by atoms with Gasteiger partial charge in [-0.05, 0) is 43.1 Å². The third kappa shape index (κ3) is 4.68. The number of rotatable bonds is 7. The van der Waals surface area contributed by atoms with Gasteiger partial charge in [0.2, 0.25) is 5.91 Å². The Hall–Kier alpha value is -2.25. The smallest absolute Gasteiger partial charge is 0.244 e. The SMILES string of the molecule is CCN(Cc1ccncc1)C[C@@]1(O)CCN(C(=O)Cn2cc(C)cn2)C1. The second kappa shape index (κ2) is 7.97. The third-order valence-electron chi connectivity index (χ3n) is 4.87. The zero-order valence-corrected chi connectivity index (χ0v) is 15.5. The highest BCUT2D eigenvalue weighted by Crippen LogP contribution is 2.23. The summed E-state index contributed by atoms with van der Waals surface area (Å²) in [5, 5.41) is 15.2. The highest BCUT2D eigenvalue weighted by atomic mass is 16.3. The monoisotopic (exact) mass is 357 g/mol. The van der Waals surface area contributed by atoms with Crippen molar-refractivity contribution in [2.75, 3.05) is 26.2 Å². The number of aromatic nitrogens is 3. The van der Waals surface area contributed by atoms with Gasteiger partial charge in [0.15, 0.2) is 0 Å². The summed E-state index contributed by atoms with van der Waals surface area (Å²) in [4.78, 5) is 20.5. The van der Waals surface area contributed by atoms with Crippen LogP contribution in [0.25, 0.3) is 0 Å². The van der Waals surface area contributed by atoms with E-state index in [0.717, 1.165) is 18.7 Å². The first-order chi connectivity index (χ1) is 12.5. The molecule has 140 valence electrons. The molecule has 1 aliphatic rings. The van der Waals surface area contributed by atoms with E-state index in [0.29, 0.717) is 26.1 Å². The van der Waals surface area contributed by atoms with Crippen molar-refractivity contribution in [2.45, 2.75) is 39.0 Å². The topological polar surface area (TPSA) is 74.5 Å². The molecule has 0 aromatic carbocycles. The first-order valence-corrected chi connectivity index (χ1v) is 9.08. The van der Waals surface area contributed by atoms with Gasteiger partial charge in [0.25, 0.3) is 0 Å². The summed E-state index contributed by atoms with van der Waals surface area (Å²) in [6, 6.07) is 3.98. The molecule has 1 aliphatic heterocycles. The molecule has 7 heteroatoms. The number of pyridine rings is 1. The van der Waals surface area contributed by atoms with Crippen molar-refractivity contribution in [1.82, 2.24) is 24.6 Å². The Kier molecular flexibility index (Phi) is 5.68. The Morgan fingerprint density at radius 2 is 2.15 bits per heavy atom. The zero-order valence-electron chi connectivity index (χ0n) is 15.5.